The van der Waals surface area contributed by atoms with Crippen LogP contribution in [0.1, 0.15) is 11.1 Å². The predicted octanol–water partition coefficient (Wildman–Crippen LogP) is 3.27. The van der Waals surface area contributed by atoms with Gasteiger partial charge in [-0.3, -0.25) is 4.79 Å². The summed E-state index contributed by atoms with van der Waals surface area (Å²) in [5.74, 6) is -1.47. The van der Waals surface area contributed by atoms with Crippen LogP contribution in [-0.4, -0.2) is 49.9 Å². The summed E-state index contributed by atoms with van der Waals surface area (Å²) in [4.78, 5) is 39.2. The fourth-order valence-electron chi connectivity index (χ4n) is 3.27. The first kappa shape index (κ1) is 21.8. The topological polar surface area (TPSA) is 72.9 Å². The van der Waals surface area contributed by atoms with Crippen molar-refractivity contribution in [3.05, 3.63) is 94.7 Å². The number of likely N-dealkylation sites (tertiary alicyclic amines) is 1. The van der Waals surface area contributed by atoms with Gasteiger partial charge in [-0.05, 0) is 23.3 Å². The lowest BCUT2D eigenvalue weighted by atomic mass is 9.93. The zero-order chi connectivity index (χ0) is 22.2. The molecule has 1 heterocycles. The van der Waals surface area contributed by atoms with E-state index >= 15 is 0 Å². The monoisotopic (exact) mass is 417 g/mol. The highest BCUT2D eigenvalue weighted by molar-refractivity contribution is 6.15. The molecular weight excluding hydrogens is 394 g/mol. The van der Waals surface area contributed by atoms with Crippen LogP contribution < -0.4 is 0 Å². The minimum absolute atomic E-state index is 0.0276. The average Bonchev–Trinajstić information content (AvgIpc) is 2.80. The van der Waals surface area contributed by atoms with Crippen molar-refractivity contribution < 1.29 is 23.9 Å². The van der Waals surface area contributed by atoms with Crippen LogP contribution in [0.2, 0.25) is 0 Å². The minimum Gasteiger partial charge on any atom is -0.466 e. The number of hydrogen-bond donors (Lipinski definition) is 0. The first-order chi connectivity index (χ1) is 15.0. The molecule has 2 aromatic carbocycles. The highest BCUT2D eigenvalue weighted by Crippen LogP contribution is 2.25. The fraction of sp³-hybridized carbons (Fsp3) is 0.160. The van der Waals surface area contributed by atoms with Crippen LogP contribution in [0.4, 0.5) is 0 Å². The summed E-state index contributed by atoms with van der Waals surface area (Å²) in [5, 5.41) is 0. The number of methoxy groups -OCH3 is 2. The van der Waals surface area contributed by atoms with Gasteiger partial charge in [0.15, 0.2) is 5.78 Å². The molecular formula is C25H23NO5. The first-order valence-corrected chi connectivity index (χ1v) is 9.70. The van der Waals surface area contributed by atoms with Crippen molar-refractivity contribution in [2.24, 2.45) is 0 Å². The molecule has 0 radical (unpaired) electrons. The average molecular weight is 417 g/mol. The van der Waals surface area contributed by atoms with Gasteiger partial charge in [-0.15, -0.1) is 0 Å². The number of Topliss-reactive ketones (excluding diaryl/α,β-unsaturated/α-hetero) is 1. The molecule has 1 aliphatic heterocycles. The summed E-state index contributed by atoms with van der Waals surface area (Å²) in [6.45, 7) is 0.301. The van der Waals surface area contributed by atoms with Crippen molar-refractivity contribution in [1.82, 2.24) is 4.90 Å². The second-order valence-corrected chi connectivity index (χ2v) is 6.89. The van der Waals surface area contributed by atoms with Gasteiger partial charge in [0, 0.05) is 24.2 Å². The normalized spacial score (nSPS) is 17.0. The molecule has 0 saturated carbocycles. The lowest BCUT2D eigenvalue weighted by Gasteiger charge is -2.32. The van der Waals surface area contributed by atoms with Crippen LogP contribution in [0.3, 0.4) is 0 Å². The number of carbonyl (C=O) groups is 3. The van der Waals surface area contributed by atoms with E-state index in [1.165, 1.54) is 14.2 Å². The van der Waals surface area contributed by atoms with E-state index < -0.39 is 11.9 Å². The van der Waals surface area contributed by atoms with Crippen LogP contribution in [0.25, 0.3) is 12.2 Å². The van der Waals surface area contributed by atoms with Gasteiger partial charge in [0.2, 0.25) is 0 Å². The second kappa shape index (κ2) is 10.2. The van der Waals surface area contributed by atoms with Crippen LogP contribution >= 0.6 is 0 Å². The van der Waals surface area contributed by atoms with Gasteiger partial charge >= 0.3 is 11.9 Å². The van der Waals surface area contributed by atoms with Crippen LogP contribution in [0.15, 0.2) is 83.6 Å². The number of piperidine rings is 1. The Kier molecular flexibility index (Phi) is 7.17. The van der Waals surface area contributed by atoms with Crippen LogP contribution in [0, 0.1) is 0 Å². The third-order valence-electron chi connectivity index (χ3n) is 4.78. The maximum absolute atomic E-state index is 13.2. The Morgan fingerprint density at radius 3 is 1.71 bits per heavy atom. The summed E-state index contributed by atoms with van der Waals surface area (Å²) in [7, 11) is 2.47. The quantitative estimate of drug-likeness (QED) is 0.549. The number of esters is 2. The number of carbonyl (C=O) groups excluding carboxylic acids is 3. The van der Waals surface area contributed by atoms with Crippen molar-refractivity contribution in [2.45, 2.75) is 0 Å². The molecule has 1 saturated heterocycles. The van der Waals surface area contributed by atoms with Gasteiger partial charge in [-0.25, -0.2) is 9.59 Å². The van der Waals surface area contributed by atoms with E-state index in [1.807, 2.05) is 60.7 Å². The van der Waals surface area contributed by atoms with Crippen molar-refractivity contribution in [3.63, 3.8) is 0 Å². The highest BCUT2D eigenvalue weighted by atomic mass is 16.5. The number of rotatable bonds is 5. The molecule has 0 unspecified atom stereocenters. The maximum Gasteiger partial charge on any atom is 0.354 e. The Morgan fingerprint density at radius 1 is 0.806 bits per heavy atom. The third kappa shape index (κ3) is 5.57. The molecule has 6 nitrogen and oxygen atoms in total. The van der Waals surface area contributed by atoms with Gasteiger partial charge in [0.25, 0.3) is 0 Å². The number of benzene rings is 2. The summed E-state index contributed by atoms with van der Waals surface area (Å²) in [6, 6.07) is 18.9. The third-order valence-corrected chi connectivity index (χ3v) is 4.78. The number of nitrogens with zero attached hydrogens (tertiary/aromatic N) is 1. The Balaban J connectivity index is 2.07. The van der Waals surface area contributed by atoms with E-state index in [0.29, 0.717) is 11.1 Å². The molecule has 0 atom stereocenters. The Hall–Kier alpha value is -3.93. The Morgan fingerprint density at radius 2 is 1.29 bits per heavy atom. The second-order valence-electron chi connectivity index (χ2n) is 6.89. The van der Waals surface area contributed by atoms with Crippen molar-refractivity contribution in [3.8, 4) is 0 Å². The molecule has 31 heavy (non-hydrogen) atoms. The molecule has 0 bridgehead atoms. The lowest BCUT2D eigenvalue weighted by Crippen LogP contribution is -2.39. The highest BCUT2D eigenvalue weighted by Gasteiger charge is 2.30. The summed E-state index contributed by atoms with van der Waals surface area (Å²) >= 11 is 0. The van der Waals surface area contributed by atoms with Crippen molar-refractivity contribution in [1.29, 1.82) is 0 Å². The molecule has 158 valence electrons. The van der Waals surface area contributed by atoms with E-state index in [9.17, 15) is 14.4 Å². The van der Waals surface area contributed by atoms with E-state index in [1.54, 1.807) is 17.1 Å². The van der Waals surface area contributed by atoms with Gasteiger partial charge < -0.3 is 14.4 Å². The fourth-order valence-corrected chi connectivity index (χ4v) is 3.27. The van der Waals surface area contributed by atoms with Gasteiger partial charge in [0.05, 0.1) is 20.3 Å². The van der Waals surface area contributed by atoms with E-state index in [2.05, 4.69) is 4.74 Å². The minimum atomic E-state index is -0.683. The maximum atomic E-state index is 13.2. The van der Waals surface area contributed by atoms with E-state index in [0.717, 1.165) is 17.2 Å². The number of ketones is 1. The van der Waals surface area contributed by atoms with Crippen molar-refractivity contribution >= 4 is 29.9 Å². The zero-order valence-corrected chi connectivity index (χ0v) is 17.4. The largest absolute Gasteiger partial charge is 0.466 e. The smallest absolute Gasteiger partial charge is 0.354 e. The standard InChI is InChI=1S/C25H23NO5/c1-30-23(27)15-22(25(29)31-2)26-16-20(13-18-9-5-3-6-10-18)24(28)21(17-26)14-19-11-7-4-8-12-19/h3-15H,16-17H2,1-2H3/b20-13+,21-14+,22-15+. The van der Waals surface area contributed by atoms with E-state index in [-0.39, 0.29) is 24.6 Å². The van der Waals surface area contributed by atoms with Crippen molar-refractivity contribution in [2.75, 3.05) is 27.3 Å². The predicted molar refractivity (Wildman–Crippen MR) is 118 cm³/mol. The van der Waals surface area contributed by atoms with Gasteiger partial charge in [-0.1, -0.05) is 60.7 Å². The van der Waals surface area contributed by atoms with E-state index in [4.69, 9.17) is 4.74 Å². The molecule has 2 aromatic rings. The number of hydrogen-bond acceptors (Lipinski definition) is 6. The van der Waals surface area contributed by atoms with Crippen LogP contribution in [-0.2, 0) is 23.9 Å². The first-order valence-electron chi connectivity index (χ1n) is 9.70. The molecule has 0 N–H and O–H groups in total. The molecule has 6 heteroatoms. The summed E-state index contributed by atoms with van der Waals surface area (Å²) < 4.78 is 9.55. The number of ether oxygens (including phenoxy) is 2. The summed E-state index contributed by atoms with van der Waals surface area (Å²) in [5.41, 5.74) is 2.75. The summed E-state index contributed by atoms with van der Waals surface area (Å²) in [6.07, 6.45) is 4.67. The molecule has 0 aliphatic carbocycles. The molecule has 3 rings (SSSR count). The van der Waals surface area contributed by atoms with Crippen LogP contribution in [0.5, 0.6) is 0 Å². The SMILES string of the molecule is COC(=O)/C=C(\C(=O)OC)N1C/C(=C\c2ccccc2)C(=O)/C(=C/c2ccccc2)C1. The zero-order valence-electron chi connectivity index (χ0n) is 17.4. The molecule has 1 aliphatic rings. The lowest BCUT2D eigenvalue weighted by molar-refractivity contribution is -0.140. The molecule has 0 aromatic heterocycles. The Labute approximate surface area is 181 Å². The molecule has 1 fully saturated rings. The molecule has 0 spiro atoms. The Bertz CT molecular complexity index is 990. The van der Waals surface area contributed by atoms with Gasteiger partial charge in [-0.2, -0.15) is 0 Å². The molecule has 0 amide bonds. The van der Waals surface area contributed by atoms with Gasteiger partial charge in [0.1, 0.15) is 5.70 Å².